The average Bonchev–Trinajstić information content (AvgIpc) is 3.06. The molecule has 0 amide bonds. The number of aromatic nitrogens is 2. The van der Waals surface area contributed by atoms with Crippen LogP contribution in [0.5, 0.6) is 5.75 Å². The maximum Gasteiger partial charge on any atom is 0.134 e. The summed E-state index contributed by atoms with van der Waals surface area (Å²) < 4.78 is 7.59. The molecule has 0 aliphatic heterocycles. The quantitative estimate of drug-likeness (QED) is 0.373. The molecule has 0 aliphatic carbocycles. The number of fused-ring (bicyclic) bond motifs is 1. The lowest BCUT2D eigenvalue weighted by Crippen LogP contribution is -2.02. The topological polar surface area (TPSA) is 27.1 Å². The van der Waals surface area contributed by atoms with Crippen molar-refractivity contribution < 1.29 is 4.74 Å². The second-order valence-corrected chi connectivity index (χ2v) is 7.20. The summed E-state index contributed by atoms with van der Waals surface area (Å²) in [6.07, 6.45) is 4.02. The van der Waals surface area contributed by atoms with Gasteiger partial charge in [0.2, 0.25) is 0 Å². The molecular weight excluding hydrogens is 391 g/mol. The molecular formula is C23H18Cl2N2O. The third kappa shape index (κ3) is 3.77. The SMILES string of the molecule is COc1ccccc1/C=C/c1nc2ccccc2n1Cc1ccc(Cl)cc1Cl. The van der Waals surface area contributed by atoms with Gasteiger partial charge in [0.25, 0.3) is 0 Å². The van der Waals surface area contributed by atoms with Gasteiger partial charge >= 0.3 is 0 Å². The lowest BCUT2D eigenvalue weighted by Gasteiger charge is -2.10. The molecule has 0 aliphatic rings. The first-order valence-corrected chi connectivity index (χ1v) is 9.61. The minimum absolute atomic E-state index is 0.599. The number of ether oxygens (including phenoxy) is 1. The van der Waals surface area contributed by atoms with E-state index in [1.807, 2.05) is 66.7 Å². The summed E-state index contributed by atoms with van der Waals surface area (Å²) in [7, 11) is 1.67. The van der Waals surface area contributed by atoms with Gasteiger partial charge in [-0.1, -0.05) is 59.6 Å². The van der Waals surface area contributed by atoms with Crippen LogP contribution < -0.4 is 4.74 Å². The van der Waals surface area contributed by atoms with Crippen molar-refractivity contribution in [2.75, 3.05) is 7.11 Å². The molecule has 0 atom stereocenters. The second kappa shape index (κ2) is 8.09. The van der Waals surface area contributed by atoms with E-state index in [1.165, 1.54) is 0 Å². The Morgan fingerprint density at radius 2 is 1.75 bits per heavy atom. The van der Waals surface area contributed by atoms with Gasteiger partial charge in [-0.3, -0.25) is 0 Å². The van der Waals surface area contributed by atoms with Crippen molar-refractivity contribution in [3.63, 3.8) is 0 Å². The minimum atomic E-state index is 0.599. The molecule has 0 radical (unpaired) electrons. The molecule has 28 heavy (non-hydrogen) atoms. The molecule has 5 heteroatoms. The van der Waals surface area contributed by atoms with Crippen molar-refractivity contribution in [2.45, 2.75) is 6.54 Å². The van der Waals surface area contributed by atoms with E-state index in [2.05, 4.69) is 10.6 Å². The number of rotatable bonds is 5. The number of nitrogens with zero attached hydrogens (tertiary/aromatic N) is 2. The molecule has 3 aromatic carbocycles. The predicted octanol–water partition coefficient (Wildman–Crippen LogP) is 6.57. The first-order chi connectivity index (χ1) is 13.7. The van der Waals surface area contributed by atoms with Gasteiger partial charge in [-0.15, -0.1) is 0 Å². The van der Waals surface area contributed by atoms with E-state index in [4.69, 9.17) is 32.9 Å². The summed E-state index contributed by atoms with van der Waals surface area (Å²) >= 11 is 12.5. The molecule has 0 spiro atoms. The summed E-state index contributed by atoms with van der Waals surface area (Å²) in [5, 5.41) is 1.27. The van der Waals surface area contributed by atoms with Gasteiger partial charge < -0.3 is 9.30 Å². The first kappa shape index (κ1) is 18.6. The van der Waals surface area contributed by atoms with Crippen LogP contribution in [0, 0.1) is 0 Å². The van der Waals surface area contributed by atoms with Crippen LogP contribution in [0.15, 0.2) is 66.7 Å². The fourth-order valence-electron chi connectivity index (χ4n) is 3.18. The summed E-state index contributed by atoms with van der Waals surface area (Å²) in [6, 6.07) is 21.5. The molecule has 1 heterocycles. The van der Waals surface area contributed by atoms with Crippen molar-refractivity contribution in [3.8, 4) is 5.75 Å². The highest BCUT2D eigenvalue weighted by Gasteiger charge is 2.11. The highest BCUT2D eigenvalue weighted by atomic mass is 35.5. The zero-order valence-electron chi connectivity index (χ0n) is 15.3. The Morgan fingerprint density at radius 1 is 0.964 bits per heavy atom. The van der Waals surface area contributed by atoms with E-state index in [0.717, 1.165) is 33.7 Å². The Morgan fingerprint density at radius 3 is 2.57 bits per heavy atom. The van der Waals surface area contributed by atoms with Crippen LogP contribution in [0.3, 0.4) is 0 Å². The van der Waals surface area contributed by atoms with Crippen molar-refractivity contribution in [1.29, 1.82) is 0 Å². The lowest BCUT2D eigenvalue weighted by molar-refractivity contribution is 0.414. The maximum atomic E-state index is 6.41. The van der Waals surface area contributed by atoms with Crippen molar-refractivity contribution in [3.05, 3.63) is 93.7 Å². The van der Waals surface area contributed by atoms with E-state index in [1.54, 1.807) is 13.2 Å². The first-order valence-electron chi connectivity index (χ1n) is 8.86. The standard InChI is InChI=1S/C23H18Cl2N2O/c1-28-22-9-5-2-6-16(22)11-13-23-26-20-7-3-4-8-21(20)27(23)15-17-10-12-18(24)14-19(17)25/h2-14H,15H2,1H3/b13-11+. The molecule has 1 aromatic heterocycles. The summed E-state index contributed by atoms with van der Waals surface area (Å²) in [5.74, 6) is 1.67. The zero-order chi connectivity index (χ0) is 19.5. The molecule has 3 nitrogen and oxygen atoms in total. The van der Waals surface area contributed by atoms with Gasteiger partial charge in [-0.2, -0.15) is 0 Å². The van der Waals surface area contributed by atoms with Crippen LogP contribution >= 0.6 is 23.2 Å². The summed E-state index contributed by atoms with van der Waals surface area (Å²) in [6.45, 7) is 0.599. The van der Waals surface area contributed by atoms with Gasteiger partial charge in [-0.25, -0.2) is 4.98 Å². The number of benzene rings is 3. The Kier molecular flexibility index (Phi) is 5.38. The maximum absolute atomic E-state index is 6.41. The molecule has 4 aromatic rings. The average molecular weight is 409 g/mol. The molecule has 0 bridgehead atoms. The molecule has 0 saturated heterocycles. The number of halogens is 2. The third-order valence-electron chi connectivity index (χ3n) is 4.58. The number of para-hydroxylation sites is 3. The molecule has 140 valence electrons. The number of hydrogen-bond donors (Lipinski definition) is 0. The number of methoxy groups -OCH3 is 1. The minimum Gasteiger partial charge on any atom is -0.496 e. The Labute approximate surface area is 173 Å². The smallest absolute Gasteiger partial charge is 0.134 e. The van der Waals surface area contributed by atoms with Gasteiger partial charge in [0.1, 0.15) is 11.6 Å². The predicted molar refractivity (Wildman–Crippen MR) is 117 cm³/mol. The van der Waals surface area contributed by atoms with Crippen LogP contribution in [-0.4, -0.2) is 16.7 Å². The third-order valence-corrected chi connectivity index (χ3v) is 5.17. The molecule has 0 unspecified atom stereocenters. The fraction of sp³-hybridized carbons (Fsp3) is 0.0870. The van der Waals surface area contributed by atoms with Crippen LogP contribution in [0.1, 0.15) is 17.0 Å². The van der Waals surface area contributed by atoms with Gasteiger partial charge in [0.05, 0.1) is 24.7 Å². The molecule has 0 N–H and O–H groups in total. The Balaban J connectivity index is 1.78. The van der Waals surface area contributed by atoms with Crippen LogP contribution in [0.4, 0.5) is 0 Å². The van der Waals surface area contributed by atoms with E-state index in [-0.39, 0.29) is 0 Å². The normalized spacial score (nSPS) is 11.4. The van der Waals surface area contributed by atoms with Crippen molar-refractivity contribution in [2.24, 2.45) is 0 Å². The van der Waals surface area contributed by atoms with Crippen molar-refractivity contribution >= 4 is 46.4 Å². The molecule has 0 saturated carbocycles. The zero-order valence-corrected chi connectivity index (χ0v) is 16.8. The van der Waals surface area contributed by atoms with Gasteiger partial charge in [0, 0.05) is 15.6 Å². The highest BCUT2D eigenvalue weighted by Crippen LogP contribution is 2.26. The number of imidazole rings is 1. The van der Waals surface area contributed by atoms with E-state index >= 15 is 0 Å². The molecule has 4 rings (SSSR count). The number of hydrogen-bond acceptors (Lipinski definition) is 2. The van der Waals surface area contributed by atoms with Crippen LogP contribution in [0.25, 0.3) is 23.2 Å². The molecule has 0 fully saturated rings. The Hall–Kier alpha value is -2.75. The monoisotopic (exact) mass is 408 g/mol. The Bertz CT molecular complexity index is 1160. The fourth-order valence-corrected chi connectivity index (χ4v) is 3.64. The van der Waals surface area contributed by atoms with Crippen LogP contribution in [-0.2, 0) is 6.54 Å². The summed E-state index contributed by atoms with van der Waals surface area (Å²) in [4.78, 5) is 4.79. The van der Waals surface area contributed by atoms with E-state index < -0.39 is 0 Å². The van der Waals surface area contributed by atoms with E-state index in [9.17, 15) is 0 Å². The summed E-state index contributed by atoms with van der Waals surface area (Å²) in [5.41, 5.74) is 3.97. The van der Waals surface area contributed by atoms with Crippen LogP contribution in [0.2, 0.25) is 10.0 Å². The van der Waals surface area contributed by atoms with Gasteiger partial charge in [-0.05, 0) is 48.0 Å². The second-order valence-electron chi connectivity index (χ2n) is 6.36. The highest BCUT2D eigenvalue weighted by molar-refractivity contribution is 6.35. The van der Waals surface area contributed by atoms with E-state index in [0.29, 0.717) is 16.6 Å². The largest absolute Gasteiger partial charge is 0.496 e. The van der Waals surface area contributed by atoms with Gasteiger partial charge in [0.15, 0.2) is 0 Å². The lowest BCUT2D eigenvalue weighted by atomic mass is 10.2. The van der Waals surface area contributed by atoms with Crippen molar-refractivity contribution in [1.82, 2.24) is 9.55 Å².